The third-order valence-corrected chi connectivity index (χ3v) is 7.28. The summed E-state index contributed by atoms with van der Waals surface area (Å²) < 4.78 is 45.0. The number of rotatable bonds is 5. The van der Waals surface area contributed by atoms with Crippen LogP contribution in [0.4, 0.5) is 23.4 Å². The topological polar surface area (TPSA) is 32.8 Å². The molecule has 1 aliphatic carbocycles. The van der Waals surface area contributed by atoms with E-state index in [1.807, 2.05) is 36.1 Å². The quantitative estimate of drug-likeness (QED) is 0.318. The van der Waals surface area contributed by atoms with Crippen LogP contribution in [0, 0.1) is 19.3 Å². The van der Waals surface area contributed by atoms with Crippen LogP contribution in [0.25, 0.3) is 11.1 Å². The molecule has 4 nitrogen and oxygen atoms in total. The molecule has 0 bridgehead atoms. The molecule has 190 valence electrons. The Kier molecular flexibility index (Phi) is 6.64. The minimum Gasteiger partial charge on any atom is -0.449 e. The number of piperazine rings is 1. The molecular formula is C29H27BF3N2O2-. The van der Waals surface area contributed by atoms with Crippen molar-refractivity contribution in [2.45, 2.75) is 19.2 Å². The lowest BCUT2D eigenvalue weighted by Gasteiger charge is -2.37. The van der Waals surface area contributed by atoms with Crippen molar-refractivity contribution < 1.29 is 22.5 Å². The van der Waals surface area contributed by atoms with Crippen molar-refractivity contribution in [3.8, 4) is 23.5 Å². The fraction of sp³-hybridized carbons (Fsp3) is 0.276. The van der Waals surface area contributed by atoms with Gasteiger partial charge in [-0.05, 0) is 46.9 Å². The molecule has 1 amide bonds. The number of carbonyl (C=O) groups excluding carboxylic acids is 1. The van der Waals surface area contributed by atoms with Crippen molar-refractivity contribution in [1.82, 2.24) is 4.90 Å². The fourth-order valence-electron chi connectivity index (χ4n) is 5.44. The van der Waals surface area contributed by atoms with Crippen LogP contribution in [0.1, 0.15) is 33.7 Å². The van der Waals surface area contributed by atoms with Gasteiger partial charge in [-0.25, -0.2) is 4.79 Å². The van der Waals surface area contributed by atoms with Crippen molar-refractivity contribution in [2.24, 2.45) is 0 Å². The Morgan fingerprint density at radius 2 is 1.59 bits per heavy atom. The number of benzene rings is 3. The van der Waals surface area contributed by atoms with Crippen LogP contribution < -0.4 is 4.90 Å². The lowest BCUT2D eigenvalue weighted by atomic mass is 9.81. The van der Waals surface area contributed by atoms with Gasteiger partial charge in [-0.1, -0.05) is 66.3 Å². The van der Waals surface area contributed by atoms with E-state index in [0.717, 1.165) is 16.7 Å². The first-order chi connectivity index (χ1) is 17.7. The van der Waals surface area contributed by atoms with Crippen LogP contribution in [-0.4, -0.2) is 50.8 Å². The van der Waals surface area contributed by atoms with Gasteiger partial charge in [0.1, 0.15) is 6.61 Å². The average Bonchev–Trinajstić information content (AvgIpc) is 3.21. The summed E-state index contributed by atoms with van der Waals surface area (Å²) in [5, 5.41) is 0. The van der Waals surface area contributed by atoms with Crippen LogP contribution >= 0.6 is 0 Å². The molecule has 1 fully saturated rings. The first-order valence-corrected chi connectivity index (χ1v) is 12.4. The maximum Gasteiger partial charge on any atom is 0.482 e. The zero-order valence-electron chi connectivity index (χ0n) is 20.6. The summed E-state index contributed by atoms with van der Waals surface area (Å²) in [4.78, 5) is 16.6. The fourth-order valence-corrected chi connectivity index (χ4v) is 5.44. The van der Waals surface area contributed by atoms with Gasteiger partial charge in [0.2, 0.25) is 0 Å². The summed E-state index contributed by atoms with van der Waals surface area (Å²) in [6, 6.07) is 19.4. The first-order valence-electron chi connectivity index (χ1n) is 12.4. The summed E-state index contributed by atoms with van der Waals surface area (Å²) in [5.74, 6) is 2.50. The van der Waals surface area contributed by atoms with Crippen LogP contribution in [0.3, 0.4) is 0 Å². The van der Waals surface area contributed by atoms with Crippen LogP contribution in [0.2, 0.25) is 0 Å². The largest absolute Gasteiger partial charge is 0.482 e. The highest BCUT2D eigenvalue weighted by atomic mass is 19.4. The van der Waals surface area contributed by atoms with Gasteiger partial charge in [-0.3, -0.25) is 0 Å². The molecule has 3 aromatic carbocycles. The number of amides is 1. The number of terminal acetylenes is 1. The van der Waals surface area contributed by atoms with Gasteiger partial charge in [0.15, 0.2) is 0 Å². The summed E-state index contributed by atoms with van der Waals surface area (Å²) in [6.45, 7) is -1.11. The highest BCUT2D eigenvalue weighted by molar-refractivity contribution is 6.57. The van der Waals surface area contributed by atoms with Gasteiger partial charge >= 0.3 is 13.1 Å². The lowest BCUT2D eigenvalue weighted by molar-refractivity contribution is 0.0976. The second kappa shape index (κ2) is 9.89. The molecule has 0 spiro atoms. The highest BCUT2D eigenvalue weighted by Crippen LogP contribution is 2.44. The Morgan fingerprint density at radius 3 is 2.16 bits per heavy atom. The summed E-state index contributed by atoms with van der Waals surface area (Å²) in [6.07, 6.45) is 4.22. The molecule has 0 N–H and O–H groups in total. The van der Waals surface area contributed by atoms with Gasteiger partial charge in [0.25, 0.3) is 0 Å². The molecule has 1 heterocycles. The van der Waals surface area contributed by atoms with Gasteiger partial charge in [0, 0.05) is 43.3 Å². The van der Waals surface area contributed by atoms with Gasteiger partial charge in [-0.15, -0.1) is 6.42 Å². The molecule has 2 aliphatic rings. The number of carbonyl (C=O) groups is 1. The number of hydrogen-bond donors (Lipinski definition) is 0. The average molecular weight is 503 g/mol. The number of anilines is 1. The predicted octanol–water partition coefficient (Wildman–Crippen LogP) is 5.98. The molecule has 0 saturated carbocycles. The van der Waals surface area contributed by atoms with Crippen molar-refractivity contribution in [3.05, 3.63) is 88.5 Å². The molecule has 5 rings (SSSR count). The van der Waals surface area contributed by atoms with Gasteiger partial charge < -0.3 is 27.5 Å². The van der Waals surface area contributed by atoms with Gasteiger partial charge in [0.05, 0.1) is 0 Å². The van der Waals surface area contributed by atoms with E-state index < -0.39 is 13.3 Å². The zero-order chi connectivity index (χ0) is 26.2. The molecule has 8 heteroatoms. The molecule has 0 atom stereocenters. The van der Waals surface area contributed by atoms with E-state index in [2.05, 4.69) is 30.2 Å². The minimum atomic E-state index is -4.97. The van der Waals surface area contributed by atoms with Crippen molar-refractivity contribution in [1.29, 1.82) is 0 Å². The Balaban J connectivity index is 1.24. The Hall–Kier alpha value is -3.86. The van der Waals surface area contributed by atoms with Crippen molar-refractivity contribution >= 4 is 18.8 Å². The van der Waals surface area contributed by atoms with E-state index >= 15 is 0 Å². The minimum absolute atomic E-state index is 0.0135. The summed E-state index contributed by atoms with van der Waals surface area (Å²) in [7, 11) is 0. The second-order valence-electron chi connectivity index (χ2n) is 9.62. The normalized spacial score (nSPS) is 15.2. The Bertz CT molecular complexity index is 1330. The zero-order valence-corrected chi connectivity index (χ0v) is 20.6. The maximum atomic E-state index is 13.1. The Morgan fingerprint density at radius 1 is 1.00 bits per heavy atom. The monoisotopic (exact) mass is 503 g/mol. The number of fused-ring (bicyclic) bond motifs is 3. The van der Waals surface area contributed by atoms with Gasteiger partial charge in [-0.2, -0.15) is 0 Å². The predicted molar refractivity (Wildman–Crippen MR) is 141 cm³/mol. The van der Waals surface area contributed by atoms with E-state index in [0.29, 0.717) is 37.4 Å². The van der Waals surface area contributed by atoms with Crippen molar-refractivity contribution in [2.75, 3.05) is 37.7 Å². The lowest BCUT2D eigenvalue weighted by Crippen LogP contribution is -2.49. The second-order valence-corrected chi connectivity index (χ2v) is 9.62. The van der Waals surface area contributed by atoms with E-state index in [9.17, 15) is 17.7 Å². The first kappa shape index (κ1) is 24.8. The standard InChI is InChI=1S/C29H27BF3N2O2/c1-3-22-16-21(18-30(31,32)33)17-28(20(22)2)34-12-14-35(15-13-34)29(36)37-19-27-25-10-6-4-8-23(25)24-9-5-7-11-26(24)27/h1,4-11,16-17,27H,12-15,18-19H2,2H3/q-1. The van der Waals surface area contributed by atoms with Crippen LogP contribution in [-0.2, 0) is 11.1 Å². The van der Waals surface area contributed by atoms with E-state index in [1.165, 1.54) is 17.2 Å². The molecule has 1 saturated heterocycles. The van der Waals surface area contributed by atoms with Crippen LogP contribution in [0.15, 0.2) is 60.7 Å². The van der Waals surface area contributed by atoms with Crippen LogP contribution in [0.5, 0.6) is 0 Å². The van der Waals surface area contributed by atoms with E-state index in [-0.39, 0.29) is 24.2 Å². The number of halogens is 3. The number of nitrogens with zero attached hydrogens (tertiary/aromatic N) is 2. The molecule has 0 radical (unpaired) electrons. The molecule has 37 heavy (non-hydrogen) atoms. The smallest absolute Gasteiger partial charge is 0.449 e. The highest BCUT2D eigenvalue weighted by Gasteiger charge is 2.31. The molecule has 3 aromatic rings. The number of hydrogen-bond acceptors (Lipinski definition) is 3. The Labute approximate surface area is 215 Å². The molecule has 0 unspecified atom stereocenters. The SMILES string of the molecule is C#Cc1cc(C[B-](F)(F)F)cc(N2CCN(C(=O)OCC3c4ccccc4-c4ccccc43)CC2)c1C. The molecule has 1 aliphatic heterocycles. The third kappa shape index (κ3) is 5.04. The van der Waals surface area contributed by atoms with E-state index in [4.69, 9.17) is 11.2 Å². The maximum absolute atomic E-state index is 13.1. The summed E-state index contributed by atoms with van der Waals surface area (Å²) in [5.41, 5.74) is 6.74. The summed E-state index contributed by atoms with van der Waals surface area (Å²) >= 11 is 0. The third-order valence-electron chi connectivity index (χ3n) is 7.28. The number of ether oxygens (including phenoxy) is 1. The molecular weight excluding hydrogens is 476 g/mol. The van der Waals surface area contributed by atoms with E-state index in [1.54, 1.807) is 11.0 Å². The van der Waals surface area contributed by atoms with Crippen molar-refractivity contribution in [3.63, 3.8) is 0 Å². The molecule has 0 aromatic heterocycles.